The summed E-state index contributed by atoms with van der Waals surface area (Å²) < 4.78 is 53.1. The van der Waals surface area contributed by atoms with Crippen LogP contribution < -0.4 is 0 Å². The number of nitrogens with zero attached hydrogens (tertiary/aromatic N) is 3. The Morgan fingerprint density at radius 1 is 1.23 bits per heavy atom. The first-order chi connectivity index (χ1) is 12.0. The number of thioether (sulfide) groups is 1. The van der Waals surface area contributed by atoms with Crippen molar-refractivity contribution in [3.8, 4) is 0 Å². The molecule has 0 amide bonds. The zero-order valence-corrected chi connectivity index (χ0v) is 15.6. The summed E-state index contributed by atoms with van der Waals surface area (Å²) in [6.07, 6.45) is -1.14. The SMILES string of the molecule is CC(C)(CSC(F)(F)C(F)F)[C@](O)(Cn1cncn1)c1ccc(Cl)cc1. The Balaban J connectivity index is 2.36. The monoisotopic (exact) mass is 411 g/mol. The van der Waals surface area contributed by atoms with Gasteiger partial charge in [-0.2, -0.15) is 13.9 Å². The van der Waals surface area contributed by atoms with Crippen LogP contribution in [0.25, 0.3) is 0 Å². The quantitative estimate of drug-likeness (QED) is 0.652. The van der Waals surface area contributed by atoms with E-state index < -0.39 is 28.4 Å². The van der Waals surface area contributed by atoms with Gasteiger partial charge in [0.2, 0.25) is 0 Å². The molecule has 2 rings (SSSR count). The van der Waals surface area contributed by atoms with Crippen LogP contribution >= 0.6 is 23.4 Å². The number of aliphatic hydroxyl groups is 1. The first-order valence-corrected chi connectivity index (χ1v) is 8.95. The summed E-state index contributed by atoms with van der Waals surface area (Å²) in [4.78, 5) is 3.80. The summed E-state index contributed by atoms with van der Waals surface area (Å²) in [5, 5.41) is 11.6. The number of aromatic nitrogens is 3. The van der Waals surface area contributed by atoms with Crippen molar-refractivity contribution in [1.29, 1.82) is 0 Å². The first kappa shape index (κ1) is 21.0. The number of alkyl halides is 4. The Bertz CT molecular complexity index is 713. The molecule has 26 heavy (non-hydrogen) atoms. The van der Waals surface area contributed by atoms with E-state index in [0.717, 1.165) is 0 Å². The van der Waals surface area contributed by atoms with Crippen molar-refractivity contribution in [1.82, 2.24) is 14.8 Å². The largest absolute Gasteiger partial charge is 0.383 e. The molecule has 1 N–H and O–H groups in total. The van der Waals surface area contributed by atoms with E-state index in [4.69, 9.17) is 11.6 Å². The normalized spacial score (nSPS) is 15.3. The molecule has 0 saturated heterocycles. The van der Waals surface area contributed by atoms with Crippen molar-refractivity contribution in [2.45, 2.75) is 37.7 Å². The summed E-state index contributed by atoms with van der Waals surface area (Å²) in [6.45, 7) is 2.97. The molecule has 0 bridgehead atoms. The smallest absolute Gasteiger partial charge is 0.353 e. The van der Waals surface area contributed by atoms with E-state index in [1.165, 1.54) is 31.2 Å². The highest BCUT2D eigenvalue weighted by atomic mass is 35.5. The van der Waals surface area contributed by atoms with Gasteiger partial charge in [0.1, 0.15) is 18.3 Å². The molecule has 0 unspecified atom stereocenters. The van der Waals surface area contributed by atoms with Crippen LogP contribution in [0, 0.1) is 5.41 Å². The van der Waals surface area contributed by atoms with Gasteiger partial charge in [-0.05, 0) is 17.7 Å². The van der Waals surface area contributed by atoms with Gasteiger partial charge in [-0.1, -0.05) is 49.3 Å². The van der Waals surface area contributed by atoms with E-state index in [-0.39, 0.29) is 18.3 Å². The molecular formula is C16H18ClF4N3OS. The summed E-state index contributed by atoms with van der Waals surface area (Å²) in [5.41, 5.74) is -2.49. The Morgan fingerprint density at radius 2 is 1.85 bits per heavy atom. The predicted octanol–water partition coefficient (Wildman–Crippen LogP) is 4.44. The molecule has 0 aliphatic carbocycles. The Morgan fingerprint density at radius 3 is 2.35 bits per heavy atom. The Labute approximate surface area is 157 Å². The van der Waals surface area contributed by atoms with Gasteiger partial charge >= 0.3 is 11.7 Å². The van der Waals surface area contributed by atoms with E-state index in [1.807, 2.05) is 0 Å². The second kappa shape index (κ2) is 7.74. The fraction of sp³-hybridized carbons (Fsp3) is 0.500. The lowest BCUT2D eigenvalue weighted by Gasteiger charge is -2.43. The van der Waals surface area contributed by atoms with Crippen molar-refractivity contribution in [2.75, 3.05) is 5.75 Å². The van der Waals surface area contributed by atoms with Crippen molar-refractivity contribution < 1.29 is 22.7 Å². The van der Waals surface area contributed by atoms with Gasteiger partial charge in [-0.3, -0.25) is 0 Å². The van der Waals surface area contributed by atoms with Gasteiger partial charge in [0, 0.05) is 16.2 Å². The molecule has 0 aliphatic heterocycles. The molecule has 0 aliphatic rings. The minimum absolute atomic E-state index is 0.0948. The molecule has 10 heteroatoms. The van der Waals surface area contributed by atoms with Gasteiger partial charge in [0.25, 0.3) is 0 Å². The van der Waals surface area contributed by atoms with Crippen LogP contribution in [0.5, 0.6) is 0 Å². The third kappa shape index (κ3) is 4.50. The molecule has 0 fully saturated rings. The standard InChI is InChI=1S/C16H18ClF4N3OS/c1-14(2,8-26-16(20,21)13(18)19)15(25,7-24-10-22-9-23-24)11-3-5-12(17)6-4-11/h3-6,9-10,13,25H,7-8H2,1-2H3/t15-/m0/s1. The fourth-order valence-corrected chi connectivity index (χ4v) is 3.47. The molecule has 0 radical (unpaired) electrons. The molecule has 1 aromatic carbocycles. The maximum atomic E-state index is 13.4. The number of hydrogen-bond donors (Lipinski definition) is 1. The fourth-order valence-electron chi connectivity index (χ4n) is 2.43. The molecule has 0 spiro atoms. The minimum atomic E-state index is -4.20. The Hall–Kier alpha value is -1.32. The molecular weight excluding hydrogens is 394 g/mol. The minimum Gasteiger partial charge on any atom is -0.383 e. The van der Waals surface area contributed by atoms with Crippen molar-refractivity contribution in [3.63, 3.8) is 0 Å². The zero-order valence-electron chi connectivity index (χ0n) is 14.0. The van der Waals surface area contributed by atoms with Gasteiger partial charge < -0.3 is 5.11 Å². The number of halogens is 5. The summed E-state index contributed by atoms with van der Waals surface area (Å²) >= 11 is 5.70. The van der Waals surface area contributed by atoms with Crippen LogP contribution in [0.3, 0.4) is 0 Å². The highest BCUT2D eigenvalue weighted by Gasteiger charge is 2.49. The second-order valence-electron chi connectivity index (χ2n) is 6.50. The topological polar surface area (TPSA) is 50.9 Å². The van der Waals surface area contributed by atoms with Crippen LogP contribution in [-0.2, 0) is 12.1 Å². The first-order valence-electron chi connectivity index (χ1n) is 7.59. The average molecular weight is 412 g/mol. The molecule has 2 aromatic rings. The van der Waals surface area contributed by atoms with Gasteiger partial charge in [-0.25, -0.2) is 18.4 Å². The van der Waals surface area contributed by atoms with Gasteiger partial charge in [-0.15, -0.1) is 0 Å². The van der Waals surface area contributed by atoms with Crippen LogP contribution in [0.15, 0.2) is 36.9 Å². The summed E-state index contributed by atoms with van der Waals surface area (Å²) in [7, 11) is 0. The van der Waals surface area contributed by atoms with Crippen LogP contribution in [0.4, 0.5) is 17.6 Å². The molecule has 4 nitrogen and oxygen atoms in total. The van der Waals surface area contributed by atoms with Crippen molar-refractivity contribution in [3.05, 3.63) is 47.5 Å². The number of benzene rings is 1. The molecule has 0 saturated carbocycles. The van der Waals surface area contributed by atoms with Crippen LogP contribution in [0.2, 0.25) is 5.02 Å². The Kier molecular flexibility index (Phi) is 6.24. The highest BCUT2D eigenvalue weighted by Crippen LogP contribution is 2.47. The predicted molar refractivity (Wildman–Crippen MR) is 92.6 cm³/mol. The summed E-state index contributed by atoms with van der Waals surface area (Å²) in [5.74, 6) is -0.418. The maximum absolute atomic E-state index is 13.4. The third-order valence-corrected chi connectivity index (χ3v) is 5.86. The lowest BCUT2D eigenvalue weighted by molar-refractivity contribution is -0.0810. The third-order valence-electron chi connectivity index (χ3n) is 4.18. The second-order valence-corrected chi connectivity index (χ2v) is 8.05. The number of hydrogen-bond acceptors (Lipinski definition) is 4. The molecule has 1 heterocycles. The zero-order chi connectivity index (χ0) is 19.6. The lowest BCUT2D eigenvalue weighted by Crippen LogP contribution is -2.47. The van der Waals surface area contributed by atoms with Gasteiger partial charge in [0.05, 0.1) is 6.54 Å². The van der Waals surface area contributed by atoms with E-state index in [2.05, 4.69) is 10.1 Å². The van der Waals surface area contributed by atoms with Gasteiger partial charge in [0.15, 0.2) is 0 Å². The van der Waals surface area contributed by atoms with E-state index in [1.54, 1.807) is 24.3 Å². The highest BCUT2D eigenvalue weighted by molar-refractivity contribution is 8.00. The number of rotatable bonds is 8. The summed E-state index contributed by atoms with van der Waals surface area (Å²) in [6, 6.07) is 6.24. The molecule has 1 atom stereocenters. The lowest BCUT2D eigenvalue weighted by atomic mass is 9.72. The van der Waals surface area contributed by atoms with E-state index in [0.29, 0.717) is 10.6 Å². The van der Waals surface area contributed by atoms with Crippen molar-refractivity contribution in [2.24, 2.45) is 5.41 Å². The van der Waals surface area contributed by atoms with E-state index >= 15 is 0 Å². The average Bonchev–Trinajstić information content (AvgIpc) is 3.06. The van der Waals surface area contributed by atoms with E-state index in [9.17, 15) is 22.7 Å². The maximum Gasteiger partial charge on any atom is 0.353 e. The molecule has 144 valence electrons. The van der Waals surface area contributed by atoms with Crippen molar-refractivity contribution >= 4 is 23.4 Å². The molecule has 1 aromatic heterocycles. The van der Waals surface area contributed by atoms with Crippen LogP contribution in [0.1, 0.15) is 19.4 Å². The van der Waals surface area contributed by atoms with Crippen LogP contribution in [-0.4, -0.2) is 37.3 Å².